The van der Waals surface area contributed by atoms with E-state index in [4.69, 9.17) is 11.6 Å². The van der Waals surface area contributed by atoms with Crippen molar-refractivity contribution in [2.75, 3.05) is 0 Å². The molecule has 4 heteroatoms. The summed E-state index contributed by atoms with van der Waals surface area (Å²) in [6.45, 7) is 6.08. The van der Waals surface area contributed by atoms with Crippen LogP contribution >= 0.6 is 11.6 Å². The van der Waals surface area contributed by atoms with Gasteiger partial charge in [0, 0.05) is 12.1 Å². The van der Waals surface area contributed by atoms with E-state index in [0.717, 1.165) is 12.1 Å². The molecule has 0 aliphatic carbocycles. The molecule has 1 aromatic rings. The minimum Gasteiger partial charge on any atom is -0.297 e. The second-order valence-corrected chi connectivity index (χ2v) is 3.94. The highest BCUT2D eigenvalue weighted by molar-refractivity contribution is 6.31. The van der Waals surface area contributed by atoms with E-state index in [0.29, 0.717) is 11.6 Å². The molecule has 3 nitrogen and oxygen atoms in total. The summed E-state index contributed by atoms with van der Waals surface area (Å²) >= 11 is 5.83. The van der Waals surface area contributed by atoms with Gasteiger partial charge in [0.2, 0.25) is 0 Å². The molecule has 1 atom stereocenters. The Morgan fingerprint density at radius 3 is 2.79 bits per heavy atom. The maximum Gasteiger partial charge on any atom is 0.157 e. The van der Waals surface area contributed by atoms with E-state index in [1.807, 2.05) is 20.8 Å². The zero-order valence-electron chi connectivity index (χ0n) is 8.75. The number of aryl methyl sites for hydroxylation is 1. The molecular formula is C10H15ClN2O. The molecule has 1 heterocycles. The van der Waals surface area contributed by atoms with Gasteiger partial charge in [-0.3, -0.25) is 9.48 Å². The fourth-order valence-corrected chi connectivity index (χ4v) is 1.27. The van der Waals surface area contributed by atoms with Gasteiger partial charge in [0.05, 0.1) is 17.3 Å². The summed E-state index contributed by atoms with van der Waals surface area (Å²) in [5, 5.41) is 4.74. The minimum atomic E-state index is 0.0956. The summed E-state index contributed by atoms with van der Waals surface area (Å²) in [4.78, 5) is 11.6. The predicted octanol–water partition coefficient (Wildman–Crippen LogP) is 2.46. The van der Waals surface area contributed by atoms with Crippen LogP contribution in [0, 0.1) is 12.8 Å². The van der Waals surface area contributed by atoms with Crippen LogP contribution in [0.25, 0.3) is 0 Å². The molecule has 78 valence electrons. The molecule has 0 amide bonds. The number of carbonyl (C=O) groups excluding carboxylic acids is 1. The monoisotopic (exact) mass is 214 g/mol. The fourth-order valence-electron chi connectivity index (χ4n) is 1.12. The zero-order valence-corrected chi connectivity index (χ0v) is 9.51. The summed E-state index contributed by atoms with van der Waals surface area (Å²) < 4.78 is 1.60. The summed E-state index contributed by atoms with van der Waals surface area (Å²) in [5.41, 5.74) is 0.767. The van der Waals surface area contributed by atoms with Crippen molar-refractivity contribution in [3.05, 3.63) is 16.9 Å². The third-order valence-corrected chi connectivity index (χ3v) is 2.74. The van der Waals surface area contributed by atoms with Crippen LogP contribution in [0.15, 0.2) is 6.20 Å². The van der Waals surface area contributed by atoms with Gasteiger partial charge in [-0.1, -0.05) is 25.4 Å². The second-order valence-electron chi connectivity index (χ2n) is 3.54. The molecule has 1 rings (SSSR count). The Labute approximate surface area is 89.1 Å². The molecule has 0 saturated heterocycles. The maximum atomic E-state index is 11.6. The van der Waals surface area contributed by atoms with E-state index in [1.165, 1.54) is 0 Å². The summed E-state index contributed by atoms with van der Waals surface area (Å²) in [6, 6.07) is 0. The third kappa shape index (κ3) is 2.58. The van der Waals surface area contributed by atoms with Crippen molar-refractivity contribution in [2.45, 2.75) is 33.7 Å². The average Bonchev–Trinajstić information content (AvgIpc) is 2.44. The number of hydrogen-bond acceptors (Lipinski definition) is 2. The number of rotatable bonds is 4. The Balaban J connectivity index is 2.65. The number of aromatic nitrogens is 2. The number of hydrogen-bond donors (Lipinski definition) is 0. The number of carbonyl (C=O) groups is 1. The van der Waals surface area contributed by atoms with E-state index < -0.39 is 0 Å². The smallest absolute Gasteiger partial charge is 0.157 e. The molecule has 0 saturated carbocycles. The van der Waals surface area contributed by atoms with Crippen LogP contribution in [0.4, 0.5) is 0 Å². The Morgan fingerprint density at radius 1 is 1.71 bits per heavy atom. The van der Waals surface area contributed by atoms with Crippen LogP contribution < -0.4 is 0 Å². The molecule has 0 spiro atoms. The van der Waals surface area contributed by atoms with Crippen molar-refractivity contribution < 1.29 is 4.79 Å². The minimum absolute atomic E-state index is 0.0956. The molecule has 0 aliphatic heterocycles. The van der Waals surface area contributed by atoms with Gasteiger partial charge in [-0.15, -0.1) is 0 Å². The molecule has 0 fully saturated rings. The Hall–Kier alpha value is -0.830. The Kier molecular flexibility index (Phi) is 3.69. The molecule has 0 radical (unpaired) electrons. The lowest BCUT2D eigenvalue weighted by atomic mass is 10.0. The van der Waals surface area contributed by atoms with Gasteiger partial charge in [0.15, 0.2) is 5.78 Å². The lowest BCUT2D eigenvalue weighted by Crippen LogP contribution is -2.17. The molecule has 0 N–H and O–H groups in total. The molecule has 14 heavy (non-hydrogen) atoms. The molecule has 1 aromatic heterocycles. The van der Waals surface area contributed by atoms with Crippen LogP contribution in [0.1, 0.15) is 26.0 Å². The lowest BCUT2D eigenvalue weighted by molar-refractivity contribution is -0.123. The highest BCUT2D eigenvalue weighted by atomic mass is 35.5. The van der Waals surface area contributed by atoms with Crippen LogP contribution in [-0.4, -0.2) is 15.6 Å². The first kappa shape index (κ1) is 11.2. The quantitative estimate of drug-likeness (QED) is 0.772. The first-order valence-corrected chi connectivity index (χ1v) is 5.14. The van der Waals surface area contributed by atoms with E-state index in [-0.39, 0.29) is 11.7 Å². The van der Waals surface area contributed by atoms with Crippen LogP contribution in [0.2, 0.25) is 5.02 Å². The molecule has 0 aliphatic rings. The van der Waals surface area contributed by atoms with Gasteiger partial charge in [0.25, 0.3) is 0 Å². The van der Waals surface area contributed by atoms with E-state index in [2.05, 4.69) is 5.10 Å². The Morgan fingerprint density at radius 2 is 2.36 bits per heavy atom. The molecule has 1 unspecified atom stereocenters. The first-order valence-electron chi connectivity index (χ1n) is 4.76. The maximum absolute atomic E-state index is 11.6. The largest absolute Gasteiger partial charge is 0.297 e. The molecule has 0 bridgehead atoms. The summed E-state index contributed by atoms with van der Waals surface area (Å²) in [7, 11) is 0. The Bertz CT molecular complexity index is 313. The van der Waals surface area contributed by atoms with E-state index in [1.54, 1.807) is 10.9 Å². The first-order chi connectivity index (χ1) is 6.54. The van der Waals surface area contributed by atoms with Crippen LogP contribution in [-0.2, 0) is 11.3 Å². The van der Waals surface area contributed by atoms with Crippen molar-refractivity contribution in [3.63, 3.8) is 0 Å². The van der Waals surface area contributed by atoms with Gasteiger partial charge in [-0.25, -0.2) is 0 Å². The highest BCUT2D eigenvalue weighted by Crippen LogP contribution is 2.12. The van der Waals surface area contributed by atoms with Crippen molar-refractivity contribution in [3.8, 4) is 0 Å². The normalized spacial score (nSPS) is 12.9. The van der Waals surface area contributed by atoms with E-state index >= 15 is 0 Å². The topological polar surface area (TPSA) is 34.9 Å². The van der Waals surface area contributed by atoms with Crippen LogP contribution in [0.3, 0.4) is 0 Å². The van der Waals surface area contributed by atoms with Gasteiger partial charge < -0.3 is 0 Å². The number of nitrogens with zero attached hydrogens (tertiary/aromatic N) is 2. The predicted molar refractivity (Wildman–Crippen MR) is 56.4 cm³/mol. The number of Topliss-reactive ketones (excluding diaryl/α,β-unsaturated/α-hetero) is 1. The second kappa shape index (κ2) is 4.60. The van der Waals surface area contributed by atoms with E-state index in [9.17, 15) is 4.79 Å². The van der Waals surface area contributed by atoms with Crippen LogP contribution in [0.5, 0.6) is 0 Å². The summed E-state index contributed by atoms with van der Waals surface area (Å²) in [6.07, 6.45) is 2.56. The standard InChI is InChI=1S/C10H15ClN2O/c1-4-7(2)10(14)6-13-5-9(11)8(3)12-13/h5,7H,4,6H2,1-3H3. The van der Waals surface area contributed by atoms with Gasteiger partial charge in [-0.05, 0) is 13.3 Å². The van der Waals surface area contributed by atoms with Crippen molar-refractivity contribution >= 4 is 17.4 Å². The average molecular weight is 215 g/mol. The van der Waals surface area contributed by atoms with Crippen molar-refractivity contribution in [1.82, 2.24) is 9.78 Å². The molecule has 0 aromatic carbocycles. The lowest BCUT2D eigenvalue weighted by Gasteiger charge is -2.06. The SMILES string of the molecule is CCC(C)C(=O)Cn1cc(Cl)c(C)n1. The highest BCUT2D eigenvalue weighted by Gasteiger charge is 2.12. The van der Waals surface area contributed by atoms with Crippen molar-refractivity contribution in [1.29, 1.82) is 0 Å². The van der Waals surface area contributed by atoms with Gasteiger partial charge in [0.1, 0.15) is 0 Å². The number of ketones is 1. The van der Waals surface area contributed by atoms with Crippen molar-refractivity contribution in [2.24, 2.45) is 5.92 Å². The third-order valence-electron chi connectivity index (χ3n) is 2.37. The number of halogens is 1. The summed E-state index contributed by atoms with van der Waals surface area (Å²) in [5.74, 6) is 0.296. The van der Waals surface area contributed by atoms with Gasteiger partial charge in [-0.2, -0.15) is 5.10 Å². The van der Waals surface area contributed by atoms with Gasteiger partial charge >= 0.3 is 0 Å². The molecular weight excluding hydrogens is 200 g/mol. The zero-order chi connectivity index (χ0) is 10.7. The fraction of sp³-hybridized carbons (Fsp3) is 0.600.